The maximum absolute atomic E-state index is 12.2. The van der Waals surface area contributed by atoms with Crippen LogP contribution in [0.5, 0.6) is 11.5 Å². The molecule has 0 fully saturated rings. The van der Waals surface area contributed by atoms with E-state index in [-0.39, 0.29) is 36.5 Å². The van der Waals surface area contributed by atoms with Gasteiger partial charge in [0.2, 0.25) is 5.91 Å². The molecule has 2 rings (SSSR count). The number of aryl methyl sites for hydroxylation is 2. The van der Waals surface area contributed by atoms with Crippen molar-refractivity contribution in [3.8, 4) is 11.5 Å². The number of benzene rings is 2. The molecular weight excluding hydrogens is 320 g/mol. The third-order valence-corrected chi connectivity index (χ3v) is 3.77. The topological polar surface area (TPSA) is 78.9 Å². The minimum Gasteiger partial charge on any atom is -0.504 e. The summed E-state index contributed by atoms with van der Waals surface area (Å²) in [5.41, 5.74) is 2.69. The molecule has 2 aromatic rings. The predicted octanol–water partition coefficient (Wildman–Crippen LogP) is 2.48. The Hall–Kier alpha value is -3.02. The van der Waals surface area contributed by atoms with Gasteiger partial charge in [-0.1, -0.05) is 30.3 Å². The van der Waals surface area contributed by atoms with Gasteiger partial charge >= 0.3 is 0 Å². The fraction of sp³-hybridized carbons (Fsp3) is 0.263. The fourth-order valence-electron chi connectivity index (χ4n) is 2.32. The maximum Gasteiger partial charge on any atom is 0.260 e. The molecule has 0 aliphatic carbocycles. The summed E-state index contributed by atoms with van der Waals surface area (Å²) < 4.78 is 5.28. The second-order valence-corrected chi connectivity index (χ2v) is 5.82. The van der Waals surface area contributed by atoms with Gasteiger partial charge in [-0.25, -0.2) is 0 Å². The van der Waals surface area contributed by atoms with E-state index in [9.17, 15) is 14.7 Å². The van der Waals surface area contributed by atoms with Crippen LogP contribution in [0.1, 0.15) is 11.1 Å². The van der Waals surface area contributed by atoms with Crippen LogP contribution in [0.25, 0.3) is 0 Å². The average Bonchev–Trinajstić information content (AvgIpc) is 2.57. The number of ether oxygens (including phenoxy) is 1. The molecule has 2 aromatic carbocycles. The van der Waals surface area contributed by atoms with Crippen LogP contribution < -0.4 is 10.1 Å². The molecule has 0 aliphatic heterocycles. The number of nitrogens with zero attached hydrogens (tertiary/aromatic N) is 1. The van der Waals surface area contributed by atoms with E-state index in [2.05, 4.69) is 5.32 Å². The SMILES string of the molecule is Cc1cccc(C)c1NC(=O)CN(C)C(=O)COc1ccccc1O. The predicted molar refractivity (Wildman–Crippen MR) is 95.8 cm³/mol. The molecular formula is C19H22N2O4. The summed E-state index contributed by atoms with van der Waals surface area (Å²) in [5.74, 6) is -0.453. The molecule has 0 spiro atoms. The van der Waals surface area contributed by atoms with Crippen molar-refractivity contribution in [2.45, 2.75) is 13.8 Å². The van der Waals surface area contributed by atoms with Crippen LogP contribution in [-0.2, 0) is 9.59 Å². The van der Waals surface area contributed by atoms with E-state index in [0.29, 0.717) is 0 Å². The van der Waals surface area contributed by atoms with Crippen molar-refractivity contribution in [1.82, 2.24) is 4.90 Å². The Kier molecular flexibility index (Phi) is 6.00. The van der Waals surface area contributed by atoms with Gasteiger partial charge in [0.05, 0.1) is 6.54 Å². The molecule has 0 saturated heterocycles. The highest BCUT2D eigenvalue weighted by atomic mass is 16.5. The average molecular weight is 342 g/mol. The molecule has 0 aliphatic rings. The van der Waals surface area contributed by atoms with Crippen molar-refractivity contribution >= 4 is 17.5 Å². The van der Waals surface area contributed by atoms with Crippen LogP contribution in [-0.4, -0.2) is 42.0 Å². The van der Waals surface area contributed by atoms with Crippen LogP contribution in [0.15, 0.2) is 42.5 Å². The van der Waals surface area contributed by atoms with Crippen molar-refractivity contribution in [1.29, 1.82) is 0 Å². The number of para-hydroxylation sites is 3. The number of aromatic hydroxyl groups is 1. The van der Waals surface area contributed by atoms with Gasteiger partial charge in [-0.05, 0) is 37.1 Å². The summed E-state index contributed by atoms with van der Waals surface area (Å²) in [7, 11) is 1.53. The molecule has 0 saturated carbocycles. The van der Waals surface area contributed by atoms with Crippen LogP contribution in [0.4, 0.5) is 5.69 Å². The number of hydrogen-bond donors (Lipinski definition) is 2. The standard InChI is InChI=1S/C19H22N2O4/c1-13-7-6-8-14(2)19(13)20-17(23)11-21(3)18(24)12-25-16-10-5-4-9-15(16)22/h4-10,22H,11-12H2,1-3H3,(H,20,23). The maximum atomic E-state index is 12.2. The fourth-order valence-corrected chi connectivity index (χ4v) is 2.32. The lowest BCUT2D eigenvalue weighted by molar-refractivity contribution is -0.135. The number of phenols is 1. The third kappa shape index (κ3) is 4.97. The van der Waals surface area contributed by atoms with Gasteiger partial charge in [0.25, 0.3) is 5.91 Å². The third-order valence-electron chi connectivity index (χ3n) is 3.77. The molecule has 0 atom stereocenters. The van der Waals surface area contributed by atoms with Crippen LogP contribution >= 0.6 is 0 Å². The van der Waals surface area contributed by atoms with E-state index < -0.39 is 0 Å². The monoisotopic (exact) mass is 342 g/mol. The number of carbonyl (C=O) groups excluding carboxylic acids is 2. The summed E-state index contributed by atoms with van der Waals surface area (Å²) >= 11 is 0. The van der Waals surface area contributed by atoms with Gasteiger partial charge in [0, 0.05) is 12.7 Å². The van der Waals surface area contributed by atoms with Crippen LogP contribution in [0.3, 0.4) is 0 Å². The molecule has 0 heterocycles. The Bertz CT molecular complexity index is 754. The number of phenolic OH excluding ortho intramolecular Hbond substituents is 1. The Balaban J connectivity index is 1.88. The van der Waals surface area contributed by atoms with E-state index in [1.807, 2.05) is 32.0 Å². The number of amides is 2. The van der Waals surface area contributed by atoms with E-state index in [0.717, 1.165) is 16.8 Å². The van der Waals surface area contributed by atoms with Gasteiger partial charge in [0.15, 0.2) is 18.1 Å². The Morgan fingerprint density at radius 2 is 1.72 bits per heavy atom. The lowest BCUT2D eigenvalue weighted by Crippen LogP contribution is -2.37. The molecule has 0 aromatic heterocycles. The number of carbonyl (C=O) groups is 2. The van der Waals surface area contributed by atoms with Crippen LogP contribution in [0.2, 0.25) is 0 Å². The highest BCUT2D eigenvalue weighted by Crippen LogP contribution is 2.24. The van der Waals surface area contributed by atoms with Crippen molar-refractivity contribution < 1.29 is 19.4 Å². The van der Waals surface area contributed by atoms with Gasteiger partial charge in [0.1, 0.15) is 0 Å². The van der Waals surface area contributed by atoms with Crippen molar-refractivity contribution in [3.05, 3.63) is 53.6 Å². The molecule has 6 nitrogen and oxygen atoms in total. The molecule has 2 amide bonds. The zero-order chi connectivity index (χ0) is 18.4. The van der Waals surface area contributed by atoms with E-state index >= 15 is 0 Å². The first kappa shape index (κ1) is 18.3. The molecule has 0 unspecified atom stereocenters. The summed E-state index contributed by atoms with van der Waals surface area (Å²) in [4.78, 5) is 25.5. The minimum atomic E-state index is -0.361. The highest BCUT2D eigenvalue weighted by molar-refractivity contribution is 5.95. The van der Waals surface area contributed by atoms with Gasteiger partial charge < -0.3 is 20.1 Å². The highest BCUT2D eigenvalue weighted by Gasteiger charge is 2.15. The Morgan fingerprint density at radius 1 is 1.08 bits per heavy atom. The van der Waals surface area contributed by atoms with Crippen molar-refractivity contribution in [2.24, 2.45) is 0 Å². The summed E-state index contributed by atoms with van der Waals surface area (Å²) in [6.45, 7) is 3.48. The van der Waals surface area contributed by atoms with Gasteiger partial charge in [-0.15, -0.1) is 0 Å². The van der Waals surface area contributed by atoms with Gasteiger partial charge in [-0.2, -0.15) is 0 Å². The van der Waals surface area contributed by atoms with E-state index in [1.54, 1.807) is 18.2 Å². The summed E-state index contributed by atoms with van der Waals surface area (Å²) in [5, 5.41) is 12.4. The second kappa shape index (κ2) is 8.19. The van der Waals surface area contributed by atoms with Gasteiger partial charge in [-0.3, -0.25) is 9.59 Å². The number of nitrogens with one attached hydrogen (secondary N) is 1. The summed E-state index contributed by atoms with van der Waals surface area (Å²) in [6, 6.07) is 12.1. The van der Waals surface area contributed by atoms with Crippen LogP contribution in [0, 0.1) is 13.8 Å². The quantitative estimate of drug-likeness (QED) is 0.845. The molecule has 0 radical (unpaired) electrons. The number of rotatable bonds is 6. The minimum absolute atomic E-state index is 0.0364. The normalized spacial score (nSPS) is 10.2. The second-order valence-electron chi connectivity index (χ2n) is 5.82. The van der Waals surface area contributed by atoms with Crippen molar-refractivity contribution in [2.75, 3.05) is 25.5 Å². The molecule has 132 valence electrons. The zero-order valence-corrected chi connectivity index (χ0v) is 14.6. The Labute approximate surface area is 147 Å². The lowest BCUT2D eigenvalue weighted by atomic mass is 10.1. The van der Waals surface area contributed by atoms with E-state index in [1.165, 1.54) is 18.0 Å². The Morgan fingerprint density at radius 3 is 2.36 bits per heavy atom. The lowest BCUT2D eigenvalue weighted by Gasteiger charge is -2.18. The number of hydrogen-bond acceptors (Lipinski definition) is 4. The molecule has 2 N–H and O–H groups in total. The van der Waals surface area contributed by atoms with E-state index in [4.69, 9.17) is 4.74 Å². The molecule has 0 bridgehead atoms. The van der Waals surface area contributed by atoms with Crippen molar-refractivity contribution in [3.63, 3.8) is 0 Å². The first-order chi connectivity index (χ1) is 11.9. The number of anilines is 1. The zero-order valence-electron chi connectivity index (χ0n) is 14.6. The first-order valence-electron chi connectivity index (χ1n) is 7.89. The first-order valence-corrected chi connectivity index (χ1v) is 7.89. The smallest absolute Gasteiger partial charge is 0.260 e. The molecule has 6 heteroatoms. The number of likely N-dealkylation sites (N-methyl/N-ethyl adjacent to an activating group) is 1. The molecule has 25 heavy (non-hydrogen) atoms. The summed E-state index contributed by atoms with van der Waals surface area (Å²) in [6.07, 6.45) is 0. The largest absolute Gasteiger partial charge is 0.504 e.